The minimum Gasteiger partial charge on any atom is -0.459 e. The van der Waals surface area contributed by atoms with E-state index in [1.807, 2.05) is 6.07 Å². The van der Waals surface area contributed by atoms with Gasteiger partial charge in [0.25, 0.3) is 5.91 Å². The first-order valence-corrected chi connectivity index (χ1v) is 13.0. The summed E-state index contributed by atoms with van der Waals surface area (Å²) < 4.78 is 22.0. The van der Waals surface area contributed by atoms with E-state index in [9.17, 15) is 9.18 Å². The summed E-state index contributed by atoms with van der Waals surface area (Å²) in [4.78, 5) is 24.9. The van der Waals surface area contributed by atoms with E-state index < -0.39 is 11.7 Å². The van der Waals surface area contributed by atoms with Crippen molar-refractivity contribution in [2.24, 2.45) is 7.05 Å². The number of anilines is 2. The molecule has 5 aromatic rings. The van der Waals surface area contributed by atoms with Gasteiger partial charge in [-0.2, -0.15) is 20.3 Å². The Hall–Kier alpha value is -4.71. The Labute approximate surface area is 229 Å². The van der Waals surface area contributed by atoms with Crippen molar-refractivity contribution < 1.29 is 13.9 Å². The highest BCUT2D eigenvalue weighted by atomic mass is 19.1. The van der Waals surface area contributed by atoms with Crippen LogP contribution in [0, 0.1) is 5.82 Å². The van der Waals surface area contributed by atoms with Crippen LogP contribution in [0.4, 0.5) is 15.8 Å². The van der Waals surface area contributed by atoms with Gasteiger partial charge in [-0.05, 0) is 44.2 Å². The lowest BCUT2D eigenvalue weighted by Gasteiger charge is -2.38. The summed E-state index contributed by atoms with van der Waals surface area (Å²) in [6.07, 6.45) is 6.56. The third-order valence-electron chi connectivity index (χ3n) is 6.80. The summed E-state index contributed by atoms with van der Waals surface area (Å²) in [5.74, 6) is -0.941. The molecule has 0 aliphatic carbocycles. The highest BCUT2D eigenvalue weighted by molar-refractivity contribution is 6.14. The number of rotatable bonds is 6. The summed E-state index contributed by atoms with van der Waals surface area (Å²) in [5.41, 5.74) is 3.06. The van der Waals surface area contributed by atoms with E-state index in [4.69, 9.17) is 4.74 Å². The average molecular weight is 542 g/mol. The fourth-order valence-electron chi connectivity index (χ4n) is 5.18. The molecule has 204 valence electrons. The van der Waals surface area contributed by atoms with Crippen LogP contribution in [-0.2, 0) is 13.7 Å². The van der Waals surface area contributed by atoms with Crippen molar-refractivity contribution in [2.45, 2.75) is 32.5 Å². The predicted molar refractivity (Wildman–Crippen MR) is 149 cm³/mol. The topological polar surface area (TPSA) is 123 Å². The minimum atomic E-state index is -0.515. The highest BCUT2D eigenvalue weighted by Crippen LogP contribution is 2.31. The first-order valence-electron chi connectivity index (χ1n) is 13.0. The number of ether oxygens (including phenoxy) is 1. The zero-order valence-electron chi connectivity index (χ0n) is 22.3. The molecule has 3 aromatic heterocycles. The molecule has 0 spiro atoms. The number of piperazine rings is 1. The number of fused-ring (bicyclic) bond motifs is 2. The van der Waals surface area contributed by atoms with Crippen molar-refractivity contribution >= 4 is 39.1 Å². The SMILES string of the molecule is C[C@@H]1CN(c2ccc(C(=O)Nc3cc(F)c4nn(C)cc4c3)c3nc(OCc4ccnnc4)ncc23)C[C@H](C)N1. The number of nitrogens with one attached hydrogen (secondary N) is 2. The molecule has 2 aromatic carbocycles. The van der Waals surface area contributed by atoms with Gasteiger partial charge in [0.1, 0.15) is 12.1 Å². The molecule has 1 saturated heterocycles. The Kier molecular flexibility index (Phi) is 6.68. The van der Waals surface area contributed by atoms with Gasteiger partial charge in [0.15, 0.2) is 5.82 Å². The summed E-state index contributed by atoms with van der Waals surface area (Å²) in [6, 6.07) is 9.10. The van der Waals surface area contributed by atoms with Gasteiger partial charge in [0, 0.05) is 78.5 Å². The van der Waals surface area contributed by atoms with E-state index in [0.717, 1.165) is 29.7 Å². The highest BCUT2D eigenvalue weighted by Gasteiger charge is 2.25. The van der Waals surface area contributed by atoms with Gasteiger partial charge in [0.2, 0.25) is 0 Å². The Balaban J connectivity index is 1.37. The van der Waals surface area contributed by atoms with Gasteiger partial charge in [-0.3, -0.25) is 9.48 Å². The molecule has 1 aliphatic rings. The minimum absolute atomic E-state index is 0.125. The Morgan fingerprint density at radius 3 is 2.73 bits per heavy atom. The Morgan fingerprint density at radius 2 is 1.95 bits per heavy atom. The fourth-order valence-corrected chi connectivity index (χ4v) is 5.18. The first-order chi connectivity index (χ1) is 19.3. The number of carbonyl (C=O) groups is 1. The van der Waals surface area contributed by atoms with E-state index in [-0.39, 0.29) is 30.2 Å². The lowest BCUT2D eigenvalue weighted by atomic mass is 10.0. The lowest BCUT2D eigenvalue weighted by Crippen LogP contribution is -2.54. The van der Waals surface area contributed by atoms with Crippen LogP contribution in [0.1, 0.15) is 29.8 Å². The summed E-state index contributed by atoms with van der Waals surface area (Å²) in [5, 5.41) is 19.4. The largest absolute Gasteiger partial charge is 0.459 e. The number of aromatic nitrogens is 6. The Bertz CT molecular complexity index is 1700. The maximum atomic E-state index is 14.7. The van der Waals surface area contributed by atoms with Crippen LogP contribution < -0.4 is 20.3 Å². The molecule has 0 saturated carbocycles. The standard InChI is InChI=1S/C28H28FN9O2/c1-16-12-38(13-17(2)33-16)24-5-4-21(27(39)34-20-8-19-14-37(3)36-25(19)23(29)9-20)26-22(24)11-30-28(35-26)40-15-18-6-7-31-32-10-18/h4-11,14,16-17,33H,12-13,15H2,1-3H3,(H,34,39)/t16-,17+. The third-order valence-corrected chi connectivity index (χ3v) is 6.80. The number of halogens is 1. The van der Waals surface area contributed by atoms with E-state index in [0.29, 0.717) is 22.2 Å². The van der Waals surface area contributed by atoms with E-state index in [1.165, 1.54) is 10.7 Å². The number of hydrogen-bond acceptors (Lipinski definition) is 9. The predicted octanol–water partition coefficient (Wildman–Crippen LogP) is 3.46. The quantitative estimate of drug-likeness (QED) is 0.333. The number of amides is 1. The lowest BCUT2D eigenvalue weighted by molar-refractivity contribution is 0.102. The van der Waals surface area contributed by atoms with E-state index >= 15 is 0 Å². The molecule has 0 bridgehead atoms. The van der Waals surface area contributed by atoms with Crippen LogP contribution in [0.15, 0.2) is 55.1 Å². The van der Waals surface area contributed by atoms with Crippen molar-refractivity contribution in [1.29, 1.82) is 0 Å². The summed E-state index contributed by atoms with van der Waals surface area (Å²) in [7, 11) is 1.72. The summed E-state index contributed by atoms with van der Waals surface area (Å²) >= 11 is 0. The molecule has 6 rings (SSSR count). The number of carbonyl (C=O) groups excluding carboxylic acids is 1. The van der Waals surface area contributed by atoms with Gasteiger partial charge in [0.05, 0.1) is 17.3 Å². The molecule has 1 fully saturated rings. The second-order valence-electron chi connectivity index (χ2n) is 10.1. The second-order valence-corrected chi connectivity index (χ2v) is 10.1. The van der Waals surface area contributed by atoms with Crippen molar-refractivity contribution in [3.8, 4) is 6.01 Å². The molecule has 2 atom stereocenters. The molecule has 0 unspecified atom stereocenters. The van der Waals surface area contributed by atoms with Crippen molar-refractivity contribution in [3.05, 3.63) is 72.1 Å². The number of hydrogen-bond donors (Lipinski definition) is 2. The van der Waals surface area contributed by atoms with Crippen molar-refractivity contribution in [1.82, 2.24) is 35.3 Å². The zero-order chi connectivity index (χ0) is 27.8. The maximum absolute atomic E-state index is 14.7. The number of aryl methyl sites for hydroxylation is 1. The van der Waals surface area contributed by atoms with Gasteiger partial charge in [-0.25, -0.2) is 9.37 Å². The third kappa shape index (κ3) is 5.13. The normalized spacial score (nSPS) is 17.4. The van der Waals surface area contributed by atoms with Crippen molar-refractivity contribution in [2.75, 3.05) is 23.3 Å². The van der Waals surface area contributed by atoms with Gasteiger partial charge in [-0.15, -0.1) is 0 Å². The molecule has 40 heavy (non-hydrogen) atoms. The molecule has 2 N–H and O–H groups in total. The average Bonchev–Trinajstić information content (AvgIpc) is 3.32. The molecule has 4 heterocycles. The molecule has 1 amide bonds. The molecular weight excluding hydrogens is 513 g/mol. The van der Waals surface area contributed by atoms with E-state index in [1.54, 1.807) is 50.0 Å². The van der Waals surface area contributed by atoms with Crippen molar-refractivity contribution in [3.63, 3.8) is 0 Å². The van der Waals surface area contributed by atoms with Gasteiger partial charge in [-0.1, -0.05) is 0 Å². The van der Waals surface area contributed by atoms with Gasteiger partial charge < -0.3 is 20.3 Å². The summed E-state index contributed by atoms with van der Waals surface area (Å²) in [6.45, 7) is 6.06. The zero-order valence-corrected chi connectivity index (χ0v) is 22.3. The Morgan fingerprint density at radius 1 is 1.12 bits per heavy atom. The second kappa shape index (κ2) is 10.5. The van der Waals surface area contributed by atoms with E-state index in [2.05, 4.69) is 54.6 Å². The smallest absolute Gasteiger partial charge is 0.317 e. The monoisotopic (exact) mass is 541 g/mol. The van der Waals surface area contributed by atoms with Crippen LogP contribution in [0.3, 0.4) is 0 Å². The van der Waals surface area contributed by atoms with Crippen LogP contribution in [0.5, 0.6) is 6.01 Å². The molecular formula is C28H28FN9O2. The van der Waals surface area contributed by atoms with Gasteiger partial charge >= 0.3 is 6.01 Å². The molecule has 1 aliphatic heterocycles. The fraction of sp³-hybridized carbons (Fsp3) is 0.286. The molecule has 0 radical (unpaired) electrons. The maximum Gasteiger partial charge on any atom is 0.317 e. The van der Waals surface area contributed by atoms with Crippen LogP contribution in [-0.4, -0.2) is 61.0 Å². The first kappa shape index (κ1) is 25.6. The van der Waals surface area contributed by atoms with Crippen LogP contribution >= 0.6 is 0 Å². The molecule has 12 heteroatoms. The van der Waals surface area contributed by atoms with Crippen LogP contribution in [0.25, 0.3) is 21.8 Å². The van der Waals surface area contributed by atoms with Crippen LogP contribution in [0.2, 0.25) is 0 Å². The number of nitrogens with zero attached hydrogens (tertiary/aromatic N) is 7. The number of benzene rings is 2. The molecule has 11 nitrogen and oxygen atoms in total.